The largest absolute Gasteiger partial charge is 0.433 e. The van der Waals surface area contributed by atoms with E-state index in [1.165, 1.54) is 76.3 Å². The van der Waals surface area contributed by atoms with Gasteiger partial charge in [0.2, 0.25) is 0 Å². The molecule has 0 amide bonds. The highest BCUT2D eigenvalue weighted by molar-refractivity contribution is 7.93. The molecule has 2 aliphatic rings. The zero-order valence-corrected chi connectivity index (χ0v) is 35.2. The Balaban J connectivity index is 0.000000205. The number of anilines is 2. The second-order valence-corrected chi connectivity index (χ2v) is 17.7. The van der Waals surface area contributed by atoms with E-state index in [-0.39, 0.29) is 28.6 Å². The van der Waals surface area contributed by atoms with Gasteiger partial charge < -0.3 is 16.2 Å². The molecule has 0 atom stereocenters. The number of pyridine rings is 2. The first-order valence-electron chi connectivity index (χ1n) is 19.1. The molecule has 0 bridgehead atoms. The van der Waals surface area contributed by atoms with Gasteiger partial charge in [-0.1, -0.05) is 36.4 Å². The molecule has 20 heteroatoms. The average Bonchev–Trinajstić information content (AvgIpc) is 3.94. The SMILES string of the molecule is CN.N#Cc1ccc(S(=O)(=O)N2CCc3cc(-c4ccc(C(F)(F)F)nc4)ccc32)cc1.N=C(CO)c1ccc(S(=O)(=O)N2CCc3cc(-c4ccc(C(F)(F)F)nc4)ccc32)cc1. The first kappa shape index (κ1) is 46.8. The van der Waals surface area contributed by atoms with Crippen LogP contribution in [0.2, 0.25) is 0 Å². The zero-order chi connectivity index (χ0) is 46.6. The van der Waals surface area contributed by atoms with Gasteiger partial charge in [0.05, 0.1) is 45.1 Å². The topological polar surface area (TPSA) is 194 Å². The fraction of sp³-hybridized carbons (Fsp3) is 0.182. The number of hydrogen-bond acceptors (Lipinski definition) is 10. The van der Waals surface area contributed by atoms with Crippen molar-refractivity contribution in [3.05, 3.63) is 155 Å². The number of halogens is 6. The maximum absolute atomic E-state index is 13.1. The number of sulfonamides is 2. The molecular formula is C44H37F6N7O5S2. The summed E-state index contributed by atoms with van der Waals surface area (Å²) in [5.74, 6) is 0. The molecule has 4 N–H and O–H groups in total. The van der Waals surface area contributed by atoms with Crippen molar-refractivity contribution in [3.63, 3.8) is 0 Å². The molecule has 12 nitrogen and oxygen atoms in total. The van der Waals surface area contributed by atoms with Crippen LogP contribution < -0.4 is 14.3 Å². The van der Waals surface area contributed by atoms with Gasteiger partial charge in [-0.3, -0.25) is 18.6 Å². The highest BCUT2D eigenvalue weighted by atomic mass is 32.2. The fourth-order valence-corrected chi connectivity index (χ4v) is 9.95. The van der Waals surface area contributed by atoms with Gasteiger partial charge in [0.25, 0.3) is 20.0 Å². The first-order chi connectivity index (χ1) is 30.3. The average molecular weight is 922 g/mol. The van der Waals surface area contributed by atoms with Gasteiger partial charge in [-0.05, 0) is 121 Å². The number of aromatic nitrogens is 2. The number of nitrogens with one attached hydrogen (secondary N) is 1. The number of alkyl halides is 6. The quantitative estimate of drug-likeness (QED) is 0.101. The summed E-state index contributed by atoms with van der Waals surface area (Å²) >= 11 is 0. The number of fused-ring (bicyclic) bond motifs is 2. The maximum Gasteiger partial charge on any atom is 0.433 e. The van der Waals surface area contributed by atoms with Crippen molar-refractivity contribution in [2.75, 3.05) is 35.4 Å². The van der Waals surface area contributed by atoms with E-state index in [9.17, 15) is 43.2 Å². The lowest BCUT2D eigenvalue weighted by Gasteiger charge is -2.20. The second-order valence-electron chi connectivity index (χ2n) is 14.0. The third kappa shape index (κ3) is 9.77. The summed E-state index contributed by atoms with van der Waals surface area (Å²) < 4.78 is 131. The van der Waals surface area contributed by atoms with Crippen molar-refractivity contribution in [2.24, 2.45) is 5.73 Å². The van der Waals surface area contributed by atoms with E-state index < -0.39 is 50.4 Å². The number of nitriles is 1. The van der Waals surface area contributed by atoms with Crippen molar-refractivity contribution >= 4 is 37.1 Å². The molecule has 0 unspecified atom stereocenters. The molecule has 6 aromatic rings. The number of benzene rings is 4. The second kappa shape index (κ2) is 18.6. The van der Waals surface area contributed by atoms with Crippen molar-refractivity contribution in [1.82, 2.24) is 9.97 Å². The molecule has 0 radical (unpaired) electrons. The van der Waals surface area contributed by atoms with Crippen LogP contribution in [-0.2, 0) is 45.2 Å². The van der Waals surface area contributed by atoms with Crippen LogP contribution >= 0.6 is 0 Å². The molecule has 2 aliphatic heterocycles. The van der Waals surface area contributed by atoms with Gasteiger partial charge >= 0.3 is 12.4 Å². The van der Waals surface area contributed by atoms with Crippen LogP contribution in [0, 0.1) is 16.7 Å². The van der Waals surface area contributed by atoms with Crippen molar-refractivity contribution in [1.29, 1.82) is 10.7 Å². The Labute approximate surface area is 364 Å². The molecule has 4 aromatic carbocycles. The smallest absolute Gasteiger partial charge is 0.390 e. The van der Waals surface area contributed by atoms with E-state index in [2.05, 4.69) is 15.7 Å². The summed E-state index contributed by atoms with van der Waals surface area (Å²) in [5.41, 5.74) is 8.27. The van der Waals surface area contributed by atoms with Gasteiger partial charge in [0.1, 0.15) is 11.4 Å². The van der Waals surface area contributed by atoms with Crippen LogP contribution in [0.15, 0.2) is 131 Å². The van der Waals surface area contributed by atoms with Crippen molar-refractivity contribution < 1.29 is 48.3 Å². The Morgan fingerprint density at radius 2 is 1.05 bits per heavy atom. The van der Waals surface area contributed by atoms with Crippen molar-refractivity contribution in [3.8, 4) is 28.3 Å². The first-order valence-corrected chi connectivity index (χ1v) is 21.9. The zero-order valence-electron chi connectivity index (χ0n) is 33.6. The Morgan fingerprint density at radius 1 is 0.656 bits per heavy atom. The van der Waals surface area contributed by atoms with E-state index in [1.54, 1.807) is 36.4 Å². The van der Waals surface area contributed by atoms with Gasteiger partial charge in [-0.25, -0.2) is 16.8 Å². The Bertz CT molecular complexity index is 2930. The van der Waals surface area contributed by atoms with E-state index in [0.29, 0.717) is 57.6 Å². The molecule has 0 aliphatic carbocycles. The van der Waals surface area contributed by atoms with E-state index in [1.807, 2.05) is 6.07 Å². The minimum absolute atomic E-state index is 0.00856. The van der Waals surface area contributed by atoms with E-state index in [4.69, 9.17) is 15.8 Å². The predicted octanol–water partition coefficient (Wildman–Crippen LogP) is 7.84. The van der Waals surface area contributed by atoms with Crippen LogP contribution in [0.25, 0.3) is 22.3 Å². The normalized spacial score (nSPS) is 13.4. The Kier molecular flexibility index (Phi) is 13.6. The fourth-order valence-electron chi connectivity index (χ4n) is 6.94. The number of rotatable bonds is 8. The highest BCUT2D eigenvalue weighted by Crippen LogP contribution is 2.38. The van der Waals surface area contributed by atoms with E-state index in [0.717, 1.165) is 35.7 Å². The molecule has 4 heterocycles. The molecule has 0 saturated carbocycles. The number of aliphatic hydroxyl groups is 1. The van der Waals surface area contributed by atoms with Crippen LogP contribution in [0.5, 0.6) is 0 Å². The Hall–Kier alpha value is -6.66. The molecule has 8 rings (SSSR count). The number of aliphatic hydroxyl groups excluding tert-OH is 1. The lowest BCUT2D eigenvalue weighted by atomic mass is 10.0. The maximum atomic E-state index is 13.1. The molecular weight excluding hydrogens is 885 g/mol. The van der Waals surface area contributed by atoms with Crippen molar-refractivity contribution in [2.45, 2.75) is 35.0 Å². The summed E-state index contributed by atoms with van der Waals surface area (Å²) in [6.45, 7) is 0.0510. The number of nitrogens with two attached hydrogens (primary N) is 1. The molecule has 0 spiro atoms. The van der Waals surface area contributed by atoms with Crippen LogP contribution in [0.4, 0.5) is 37.7 Å². The molecule has 0 fully saturated rings. The molecule has 2 aromatic heterocycles. The van der Waals surface area contributed by atoms with Crippen LogP contribution in [-0.4, -0.2) is 64.4 Å². The minimum atomic E-state index is -4.51. The summed E-state index contributed by atoms with van der Waals surface area (Å²) in [6, 6.07) is 28.1. The number of hydrogen-bond donors (Lipinski definition) is 3. The monoisotopic (exact) mass is 921 g/mol. The molecule has 0 saturated heterocycles. The lowest BCUT2D eigenvalue weighted by Crippen LogP contribution is -2.29. The predicted molar refractivity (Wildman–Crippen MR) is 227 cm³/mol. The van der Waals surface area contributed by atoms with Gasteiger partial charge in [0.15, 0.2) is 0 Å². The summed E-state index contributed by atoms with van der Waals surface area (Å²) in [4.78, 5) is 7.10. The molecule has 64 heavy (non-hydrogen) atoms. The number of nitrogens with zero attached hydrogens (tertiary/aromatic N) is 5. The lowest BCUT2D eigenvalue weighted by molar-refractivity contribution is -0.141. The van der Waals surface area contributed by atoms with Crippen LogP contribution in [0.3, 0.4) is 0 Å². The summed E-state index contributed by atoms with van der Waals surface area (Å²) in [5, 5.41) is 25.6. The van der Waals surface area contributed by atoms with Crippen LogP contribution in [0.1, 0.15) is 33.6 Å². The van der Waals surface area contributed by atoms with Gasteiger partial charge in [-0.2, -0.15) is 31.6 Å². The van der Waals surface area contributed by atoms with Gasteiger partial charge in [-0.15, -0.1) is 0 Å². The molecule has 332 valence electrons. The standard InChI is InChI=1S/C22H18F3N3O3S.C21H14F3N3O2S.CH5N/c23-22(24,25)21-8-4-17(12-27-21)15-3-7-20-16(11-15)9-10-28(20)32(30,31)18-5-1-14(2-6-18)19(26)13-29;22-21(23,24)20-8-4-17(13-26-20)15-3-7-19-16(11-15)9-10-27(19)30(28,29)18-5-1-14(12-25)2-6-18;1-2/h1-8,11-12,26,29H,9-10,13H2;1-8,11,13H,9-10H2;2H2,1H3. The summed E-state index contributed by atoms with van der Waals surface area (Å²) in [6.07, 6.45) is -5.76. The summed E-state index contributed by atoms with van der Waals surface area (Å²) in [7, 11) is -6.13. The van der Waals surface area contributed by atoms with E-state index >= 15 is 0 Å². The van der Waals surface area contributed by atoms with Gasteiger partial charge in [0, 0.05) is 36.6 Å². The Morgan fingerprint density at radius 3 is 1.39 bits per heavy atom. The third-order valence-corrected chi connectivity index (χ3v) is 13.8. The third-order valence-electron chi connectivity index (χ3n) is 10.2. The minimum Gasteiger partial charge on any atom is -0.390 e. The highest BCUT2D eigenvalue weighted by Gasteiger charge is 2.35.